The second-order valence-corrected chi connectivity index (χ2v) is 17.3. The Kier molecular flexibility index (Phi) is 8.82. The average Bonchev–Trinajstić information content (AvgIpc) is 3.11. The van der Waals surface area contributed by atoms with Gasteiger partial charge in [-0.2, -0.15) is 0 Å². The summed E-state index contributed by atoms with van der Waals surface area (Å²) in [5.41, 5.74) is -0.596. The van der Waals surface area contributed by atoms with Crippen molar-refractivity contribution in [3.63, 3.8) is 0 Å². The van der Waals surface area contributed by atoms with Crippen molar-refractivity contribution in [2.24, 2.45) is 0 Å². The van der Waals surface area contributed by atoms with Crippen LogP contribution in [0.1, 0.15) is 0 Å². The first kappa shape index (κ1) is 29.7. The van der Waals surface area contributed by atoms with Gasteiger partial charge >= 0.3 is 11.0 Å². The monoisotopic (exact) mass is 624 g/mol. The lowest BCUT2D eigenvalue weighted by Crippen LogP contribution is -2.45. The van der Waals surface area contributed by atoms with Crippen molar-refractivity contribution in [3.8, 4) is 0 Å². The molecule has 5 heteroatoms. The molecule has 0 unspecified atom stereocenters. The number of rotatable bonds is 10. The van der Waals surface area contributed by atoms with E-state index in [1.165, 1.54) is 0 Å². The summed E-state index contributed by atoms with van der Waals surface area (Å²) in [4.78, 5) is 30.8. The van der Waals surface area contributed by atoms with E-state index in [2.05, 4.69) is 0 Å². The van der Waals surface area contributed by atoms with Crippen LogP contribution in [0.25, 0.3) is 0 Å². The Labute approximate surface area is 265 Å². The Bertz CT molecular complexity index is 1550. The van der Waals surface area contributed by atoms with Crippen molar-refractivity contribution in [1.29, 1.82) is 0 Å². The fourth-order valence-corrected chi connectivity index (χ4v) is 14.5. The first-order valence-corrected chi connectivity index (χ1v) is 18.4. The Morgan fingerprint density at radius 3 is 0.636 bits per heavy atom. The van der Waals surface area contributed by atoms with Gasteiger partial charge in [0.25, 0.3) is 0 Å². The van der Waals surface area contributed by atoms with Crippen LogP contribution in [-0.2, 0) is 9.59 Å². The van der Waals surface area contributed by atoms with Gasteiger partial charge in [0.2, 0.25) is 4.86 Å². The third kappa shape index (κ3) is 5.08. The fourth-order valence-electron chi connectivity index (χ4n) is 5.90. The van der Waals surface area contributed by atoms with Gasteiger partial charge in [-0.05, 0) is 72.8 Å². The molecule has 0 aliphatic heterocycles. The molecule has 0 saturated carbocycles. The van der Waals surface area contributed by atoms with Gasteiger partial charge in [0, 0.05) is 0 Å². The molecule has 0 radical (unpaired) electrons. The van der Waals surface area contributed by atoms with Crippen LogP contribution >= 0.6 is 26.7 Å². The molecule has 0 heterocycles. The molecule has 0 N–H and O–H groups in total. The number of benzene rings is 6. The van der Waals surface area contributed by atoms with Gasteiger partial charge in [0.15, 0.2) is 14.5 Å². The van der Waals surface area contributed by atoms with Crippen LogP contribution in [0, 0.1) is 0 Å². The molecule has 2 nitrogen and oxygen atoms in total. The highest BCUT2D eigenvalue weighted by Crippen LogP contribution is 2.61. The summed E-state index contributed by atoms with van der Waals surface area (Å²) >= 11 is 6.15. The van der Waals surface area contributed by atoms with Gasteiger partial charge < -0.3 is 0 Å². The Hall–Kier alpha value is -4.39. The SMILES string of the molecule is O=C(C(=S)C(=O)[P+](c1ccccc1)(c1ccccc1)c1ccccc1)[P+](c1ccccc1)(c1ccccc1)c1ccccc1. The summed E-state index contributed by atoms with van der Waals surface area (Å²) < 4.78 is 0. The third-order valence-electron chi connectivity index (χ3n) is 7.86. The number of thiocarbonyl (C=S) groups is 1. The van der Waals surface area contributed by atoms with E-state index in [9.17, 15) is 0 Å². The van der Waals surface area contributed by atoms with Gasteiger partial charge in [-0.1, -0.05) is 121 Å². The third-order valence-corrected chi connectivity index (χ3v) is 16.6. The lowest BCUT2D eigenvalue weighted by molar-refractivity contribution is -0.109. The molecule has 0 fully saturated rings. The maximum absolute atomic E-state index is 15.5. The van der Waals surface area contributed by atoms with Gasteiger partial charge in [-0.25, -0.2) is 9.59 Å². The van der Waals surface area contributed by atoms with Crippen LogP contribution in [0.3, 0.4) is 0 Å². The summed E-state index contributed by atoms with van der Waals surface area (Å²) in [6, 6.07) is 58.9. The molecule has 6 rings (SSSR count). The van der Waals surface area contributed by atoms with Gasteiger partial charge in [-0.15, -0.1) is 0 Å². The zero-order chi connectivity index (χ0) is 30.4. The molecule has 6 aromatic carbocycles. The molecule has 212 valence electrons. The second kappa shape index (κ2) is 13.1. The molecule has 44 heavy (non-hydrogen) atoms. The fraction of sp³-hybridized carbons (Fsp3) is 0. The molecular formula is C39H30O2P2S+2. The predicted octanol–water partition coefficient (Wildman–Crippen LogP) is 6.40. The summed E-state index contributed by atoms with van der Waals surface area (Å²) in [6.45, 7) is 0. The zero-order valence-electron chi connectivity index (χ0n) is 23.9. The maximum atomic E-state index is 15.5. The Balaban J connectivity index is 1.64. The van der Waals surface area contributed by atoms with Gasteiger partial charge in [0.05, 0.1) is 0 Å². The Morgan fingerprint density at radius 2 is 0.477 bits per heavy atom. The minimum absolute atomic E-state index is 0.139. The average molecular weight is 625 g/mol. The van der Waals surface area contributed by atoms with Crippen molar-refractivity contribution in [1.82, 2.24) is 0 Å². The van der Waals surface area contributed by atoms with Crippen molar-refractivity contribution in [2.45, 2.75) is 0 Å². The molecule has 0 atom stereocenters. The smallest absolute Gasteiger partial charge is 0.245 e. The largest absolute Gasteiger partial charge is 0.331 e. The van der Waals surface area contributed by atoms with Crippen LogP contribution in [0.2, 0.25) is 0 Å². The normalized spacial score (nSPS) is 11.5. The number of carbonyl (C=O) groups excluding carboxylic acids is 2. The predicted molar refractivity (Wildman–Crippen MR) is 193 cm³/mol. The van der Waals surface area contributed by atoms with Crippen molar-refractivity contribution in [2.75, 3.05) is 0 Å². The van der Waals surface area contributed by atoms with Gasteiger partial charge in [-0.3, -0.25) is 0 Å². The van der Waals surface area contributed by atoms with E-state index < -0.39 is 14.5 Å². The van der Waals surface area contributed by atoms with Crippen molar-refractivity contribution >= 4 is 74.5 Å². The molecule has 0 aromatic heterocycles. The zero-order valence-corrected chi connectivity index (χ0v) is 26.5. The highest BCUT2D eigenvalue weighted by atomic mass is 32.1. The number of hydrogen-bond acceptors (Lipinski definition) is 3. The highest BCUT2D eigenvalue weighted by molar-refractivity contribution is 8.17. The second-order valence-electron chi connectivity index (χ2n) is 10.3. The lowest BCUT2D eigenvalue weighted by atomic mass is 10.3. The van der Waals surface area contributed by atoms with Crippen LogP contribution in [-0.4, -0.2) is 15.9 Å². The van der Waals surface area contributed by atoms with Gasteiger partial charge in [0.1, 0.15) is 31.8 Å². The standard InChI is InChI=1S/C39H30O2P2S/c40-38(42(31-19-7-1-8-20-31,32-21-9-2-10-22-32)33-23-11-3-12-24-33)37(44)39(41)43(34-25-13-4-14-26-34,35-27-15-5-16-28-35)36-29-17-6-18-30-36/h1-30H/q+2. The molecule has 0 aliphatic carbocycles. The molecule has 0 saturated heterocycles. The lowest BCUT2D eigenvalue weighted by Gasteiger charge is -2.28. The van der Waals surface area contributed by atoms with E-state index in [1.54, 1.807) is 0 Å². The summed E-state index contributed by atoms with van der Waals surface area (Å²) in [5.74, 6) is 0. The minimum atomic E-state index is -3.08. The van der Waals surface area contributed by atoms with E-state index in [-0.39, 0.29) is 15.9 Å². The van der Waals surface area contributed by atoms with E-state index >= 15 is 9.59 Å². The Morgan fingerprint density at radius 1 is 0.318 bits per heavy atom. The van der Waals surface area contributed by atoms with Crippen LogP contribution in [0.15, 0.2) is 182 Å². The quantitative estimate of drug-likeness (QED) is 0.101. The molecule has 0 aliphatic rings. The minimum Gasteiger partial charge on any atom is -0.245 e. The maximum Gasteiger partial charge on any atom is 0.331 e. The topological polar surface area (TPSA) is 34.1 Å². The van der Waals surface area contributed by atoms with Crippen molar-refractivity contribution < 1.29 is 9.59 Å². The van der Waals surface area contributed by atoms with E-state index in [1.807, 2.05) is 182 Å². The van der Waals surface area contributed by atoms with Crippen LogP contribution in [0.4, 0.5) is 0 Å². The van der Waals surface area contributed by atoms with E-state index in [4.69, 9.17) is 12.2 Å². The molecule has 0 amide bonds. The van der Waals surface area contributed by atoms with E-state index in [0.29, 0.717) is 0 Å². The van der Waals surface area contributed by atoms with Crippen LogP contribution in [0.5, 0.6) is 0 Å². The van der Waals surface area contributed by atoms with Crippen LogP contribution < -0.4 is 31.8 Å². The highest BCUT2D eigenvalue weighted by Gasteiger charge is 2.62. The van der Waals surface area contributed by atoms with Crippen molar-refractivity contribution in [3.05, 3.63) is 182 Å². The summed E-state index contributed by atoms with van der Waals surface area (Å²) in [6.07, 6.45) is 0. The molecule has 0 spiro atoms. The summed E-state index contributed by atoms with van der Waals surface area (Å²) in [5, 5.41) is 5.17. The summed E-state index contributed by atoms with van der Waals surface area (Å²) in [7, 11) is -6.16. The number of hydrogen-bond donors (Lipinski definition) is 0. The first-order valence-electron chi connectivity index (χ1n) is 14.4. The van der Waals surface area contributed by atoms with E-state index in [0.717, 1.165) is 31.8 Å². The molecule has 6 aromatic rings. The molecular weight excluding hydrogens is 594 g/mol. The number of carbonyl (C=O) groups is 2. The molecule has 0 bridgehead atoms. The first-order chi connectivity index (χ1) is 21.6.